The summed E-state index contributed by atoms with van der Waals surface area (Å²) in [7, 11) is 0. The molecule has 0 aliphatic carbocycles. The molecular formula is C13H16BrN5. The number of nitrogen functional groups attached to an aromatic ring is 1. The zero-order chi connectivity index (χ0) is 13.8. The van der Waals surface area contributed by atoms with Gasteiger partial charge in [0.2, 0.25) is 0 Å². The molecule has 5 nitrogen and oxygen atoms in total. The first-order chi connectivity index (χ1) is 9.15. The molecule has 4 N–H and O–H groups in total. The highest BCUT2D eigenvalue weighted by Crippen LogP contribution is 2.27. The van der Waals surface area contributed by atoms with E-state index in [0.29, 0.717) is 5.82 Å². The van der Waals surface area contributed by atoms with Gasteiger partial charge in [0.25, 0.3) is 0 Å². The van der Waals surface area contributed by atoms with Crippen molar-refractivity contribution in [1.82, 2.24) is 9.97 Å². The Kier molecular flexibility index (Phi) is 4.34. The average molecular weight is 322 g/mol. The Balaban J connectivity index is 2.40. The molecular weight excluding hydrogens is 306 g/mol. The van der Waals surface area contributed by atoms with Gasteiger partial charge in [-0.05, 0) is 31.0 Å². The predicted molar refractivity (Wildman–Crippen MR) is 81.4 cm³/mol. The second kappa shape index (κ2) is 5.99. The van der Waals surface area contributed by atoms with Crippen LogP contribution in [-0.4, -0.2) is 9.97 Å². The van der Waals surface area contributed by atoms with Crippen LogP contribution in [0.15, 0.2) is 29.0 Å². The normalized spacial score (nSPS) is 10.3. The van der Waals surface area contributed by atoms with Crippen molar-refractivity contribution in [2.45, 2.75) is 20.3 Å². The maximum Gasteiger partial charge on any atom is 0.148 e. The molecule has 0 fully saturated rings. The number of halogens is 1. The number of nitrogens with one attached hydrogen (secondary N) is 2. The third-order valence-electron chi connectivity index (χ3n) is 2.89. The van der Waals surface area contributed by atoms with Crippen LogP contribution in [0.4, 0.5) is 17.3 Å². The standard InChI is InChI=1S/C13H16BrN5/c1-3-10-12(16-7-17-13(10)19-15)18-11-6-9(14)5-4-8(11)2/h4-7H,3,15H2,1-2H3,(H2,16,17,18,19). The first kappa shape index (κ1) is 13.8. The van der Waals surface area contributed by atoms with Gasteiger partial charge in [0.05, 0.1) is 0 Å². The number of aryl methyl sites for hydroxylation is 1. The largest absolute Gasteiger partial charge is 0.340 e. The van der Waals surface area contributed by atoms with E-state index in [1.165, 1.54) is 6.33 Å². The van der Waals surface area contributed by atoms with Gasteiger partial charge in [0, 0.05) is 15.7 Å². The lowest BCUT2D eigenvalue weighted by Gasteiger charge is -2.14. The summed E-state index contributed by atoms with van der Waals surface area (Å²) < 4.78 is 1.02. The van der Waals surface area contributed by atoms with E-state index >= 15 is 0 Å². The fourth-order valence-corrected chi connectivity index (χ4v) is 2.20. The van der Waals surface area contributed by atoms with Gasteiger partial charge < -0.3 is 10.7 Å². The van der Waals surface area contributed by atoms with Gasteiger partial charge in [-0.2, -0.15) is 0 Å². The third kappa shape index (κ3) is 3.02. The minimum absolute atomic E-state index is 0.646. The summed E-state index contributed by atoms with van der Waals surface area (Å²) in [6.45, 7) is 4.09. The Bertz CT molecular complexity index is 585. The highest BCUT2D eigenvalue weighted by Gasteiger charge is 2.10. The minimum atomic E-state index is 0.646. The number of hydrazine groups is 1. The van der Waals surface area contributed by atoms with E-state index in [0.717, 1.165) is 33.5 Å². The lowest BCUT2D eigenvalue weighted by Crippen LogP contribution is -2.13. The van der Waals surface area contributed by atoms with Gasteiger partial charge >= 0.3 is 0 Å². The van der Waals surface area contributed by atoms with Crippen LogP contribution in [0.25, 0.3) is 0 Å². The number of nitrogens with two attached hydrogens (primary N) is 1. The van der Waals surface area contributed by atoms with Gasteiger partial charge in [0.15, 0.2) is 0 Å². The first-order valence-electron chi connectivity index (χ1n) is 5.99. The number of anilines is 3. The summed E-state index contributed by atoms with van der Waals surface area (Å²) in [5, 5.41) is 3.33. The Morgan fingerprint density at radius 3 is 2.68 bits per heavy atom. The Labute approximate surface area is 120 Å². The molecule has 0 unspecified atom stereocenters. The van der Waals surface area contributed by atoms with Crippen molar-refractivity contribution in [2.24, 2.45) is 5.84 Å². The zero-order valence-electron chi connectivity index (χ0n) is 10.9. The van der Waals surface area contributed by atoms with Crippen LogP contribution in [0.1, 0.15) is 18.1 Å². The molecule has 1 aromatic carbocycles. The molecule has 0 radical (unpaired) electrons. The molecule has 6 heteroatoms. The maximum atomic E-state index is 5.47. The maximum absolute atomic E-state index is 5.47. The van der Waals surface area contributed by atoms with E-state index in [1.807, 2.05) is 32.0 Å². The molecule has 1 aromatic heterocycles. The first-order valence-corrected chi connectivity index (χ1v) is 6.78. The van der Waals surface area contributed by atoms with Crippen LogP contribution in [0.2, 0.25) is 0 Å². The molecule has 0 amide bonds. The van der Waals surface area contributed by atoms with Crippen molar-refractivity contribution in [1.29, 1.82) is 0 Å². The van der Waals surface area contributed by atoms with Crippen molar-refractivity contribution in [3.63, 3.8) is 0 Å². The van der Waals surface area contributed by atoms with E-state index in [9.17, 15) is 0 Å². The van der Waals surface area contributed by atoms with Crippen molar-refractivity contribution in [3.8, 4) is 0 Å². The SMILES string of the molecule is CCc1c(NN)ncnc1Nc1cc(Br)ccc1C. The Hall–Kier alpha value is -1.66. The van der Waals surface area contributed by atoms with Crippen LogP contribution in [0.3, 0.4) is 0 Å². The van der Waals surface area contributed by atoms with Crippen molar-refractivity contribution in [2.75, 3.05) is 10.7 Å². The quantitative estimate of drug-likeness (QED) is 0.595. The van der Waals surface area contributed by atoms with E-state index in [1.54, 1.807) is 0 Å². The summed E-state index contributed by atoms with van der Waals surface area (Å²) in [4.78, 5) is 8.40. The van der Waals surface area contributed by atoms with E-state index < -0.39 is 0 Å². The lowest BCUT2D eigenvalue weighted by molar-refractivity contribution is 1.04. The van der Waals surface area contributed by atoms with Crippen LogP contribution < -0.4 is 16.6 Å². The summed E-state index contributed by atoms with van der Waals surface area (Å²) in [6, 6.07) is 6.07. The molecule has 0 saturated heterocycles. The molecule has 0 atom stereocenters. The van der Waals surface area contributed by atoms with E-state index in [2.05, 4.69) is 36.6 Å². The van der Waals surface area contributed by atoms with E-state index in [-0.39, 0.29) is 0 Å². The number of nitrogens with zero attached hydrogens (tertiary/aromatic N) is 2. The number of hydrogen-bond donors (Lipinski definition) is 3. The van der Waals surface area contributed by atoms with Gasteiger partial charge in [-0.3, -0.25) is 0 Å². The van der Waals surface area contributed by atoms with Gasteiger partial charge in [-0.25, -0.2) is 15.8 Å². The molecule has 19 heavy (non-hydrogen) atoms. The van der Waals surface area contributed by atoms with Crippen LogP contribution >= 0.6 is 15.9 Å². The molecule has 0 bridgehead atoms. The number of benzene rings is 1. The van der Waals surface area contributed by atoms with E-state index in [4.69, 9.17) is 5.84 Å². The van der Waals surface area contributed by atoms with Crippen LogP contribution in [0.5, 0.6) is 0 Å². The highest BCUT2D eigenvalue weighted by molar-refractivity contribution is 9.10. The average Bonchev–Trinajstić information content (AvgIpc) is 2.42. The van der Waals surface area contributed by atoms with Crippen LogP contribution in [-0.2, 0) is 6.42 Å². The van der Waals surface area contributed by atoms with Gasteiger partial charge in [-0.1, -0.05) is 28.9 Å². The molecule has 0 saturated carbocycles. The van der Waals surface area contributed by atoms with Crippen molar-refractivity contribution >= 4 is 33.3 Å². The molecule has 2 aromatic rings. The summed E-state index contributed by atoms with van der Waals surface area (Å²) >= 11 is 3.47. The number of rotatable bonds is 4. The van der Waals surface area contributed by atoms with Gasteiger partial charge in [0.1, 0.15) is 18.0 Å². The monoisotopic (exact) mass is 321 g/mol. The fourth-order valence-electron chi connectivity index (χ4n) is 1.84. The van der Waals surface area contributed by atoms with Crippen molar-refractivity contribution in [3.05, 3.63) is 40.1 Å². The minimum Gasteiger partial charge on any atom is -0.340 e. The van der Waals surface area contributed by atoms with Crippen molar-refractivity contribution < 1.29 is 0 Å². The molecule has 100 valence electrons. The Morgan fingerprint density at radius 1 is 1.26 bits per heavy atom. The lowest BCUT2D eigenvalue weighted by atomic mass is 10.1. The fraction of sp³-hybridized carbons (Fsp3) is 0.231. The highest BCUT2D eigenvalue weighted by atomic mass is 79.9. The smallest absolute Gasteiger partial charge is 0.148 e. The third-order valence-corrected chi connectivity index (χ3v) is 3.38. The molecule has 0 aliphatic rings. The molecule has 0 aliphatic heterocycles. The second-order valence-corrected chi connectivity index (χ2v) is 5.05. The van der Waals surface area contributed by atoms with Crippen LogP contribution in [0, 0.1) is 6.92 Å². The second-order valence-electron chi connectivity index (χ2n) is 4.13. The predicted octanol–water partition coefficient (Wildman–Crippen LogP) is 3.14. The topological polar surface area (TPSA) is 75.9 Å². The number of aromatic nitrogens is 2. The molecule has 1 heterocycles. The molecule has 0 spiro atoms. The summed E-state index contributed by atoms with van der Waals surface area (Å²) in [5.74, 6) is 6.88. The zero-order valence-corrected chi connectivity index (χ0v) is 12.5. The summed E-state index contributed by atoms with van der Waals surface area (Å²) in [5.41, 5.74) is 5.71. The Morgan fingerprint density at radius 2 is 2.00 bits per heavy atom. The number of hydrogen-bond acceptors (Lipinski definition) is 5. The summed E-state index contributed by atoms with van der Waals surface area (Å²) in [6.07, 6.45) is 2.28. The molecule has 2 rings (SSSR count). The van der Waals surface area contributed by atoms with Gasteiger partial charge in [-0.15, -0.1) is 0 Å².